The van der Waals surface area contributed by atoms with E-state index in [0.29, 0.717) is 23.5 Å². The van der Waals surface area contributed by atoms with E-state index < -0.39 is 23.3 Å². The van der Waals surface area contributed by atoms with E-state index in [-0.39, 0.29) is 10.9 Å². The van der Waals surface area contributed by atoms with Crippen molar-refractivity contribution in [2.24, 2.45) is 0 Å². The molecule has 0 spiro atoms. The van der Waals surface area contributed by atoms with Gasteiger partial charge < -0.3 is 10.3 Å². The number of alkyl halides is 3. The van der Waals surface area contributed by atoms with Gasteiger partial charge in [0.25, 0.3) is 5.56 Å². The first-order valence-electron chi connectivity index (χ1n) is 9.26. The van der Waals surface area contributed by atoms with Crippen LogP contribution in [0.4, 0.5) is 18.9 Å². The van der Waals surface area contributed by atoms with Crippen molar-refractivity contribution in [2.45, 2.75) is 18.3 Å². The van der Waals surface area contributed by atoms with E-state index in [4.69, 9.17) is 0 Å². The van der Waals surface area contributed by atoms with Gasteiger partial charge in [-0.15, -0.1) is 11.3 Å². The van der Waals surface area contributed by atoms with Crippen LogP contribution in [0, 0.1) is 6.92 Å². The van der Waals surface area contributed by atoms with E-state index in [2.05, 4.69) is 26.3 Å². The summed E-state index contributed by atoms with van der Waals surface area (Å²) in [6.07, 6.45) is -4.74. The Morgan fingerprint density at radius 1 is 1.12 bits per heavy atom. The standard InChI is InChI=1S/C21H15F3N4O2S2/c1-11-2-7-14-15(8-11)32-19(26-14)12-3-5-13(6-4-12)25-18(30)10-31-20-27-16(21(22,23)24)9-17(29)28-20/h2-9H,10H2,1H3,(H,25,30)(H,27,28,29). The van der Waals surface area contributed by atoms with Crippen LogP contribution in [0.2, 0.25) is 0 Å². The molecule has 2 N–H and O–H groups in total. The fourth-order valence-corrected chi connectivity index (χ4v) is 4.58. The molecule has 0 fully saturated rings. The fraction of sp³-hybridized carbons (Fsp3) is 0.143. The maximum absolute atomic E-state index is 12.8. The molecule has 4 rings (SSSR count). The molecule has 0 saturated heterocycles. The second-order valence-corrected chi connectivity index (χ2v) is 8.83. The summed E-state index contributed by atoms with van der Waals surface area (Å²) in [6.45, 7) is 2.02. The molecule has 0 aliphatic carbocycles. The monoisotopic (exact) mass is 476 g/mol. The number of H-pyrrole nitrogens is 1. The van der Waals surface area contributed by atoms with Crippen molar-refractivity contribution < 1.29 is 18.0 Å². The third kappa shape index (κ3) is 5.17. The highest BCUT2D eigenvalue weighted by atomic mass is 32.2. The lowest BCUT2D eigenvalue weighted by Crippen LogP contribution is -2.18. The van der Waals surface area contributed by atoms with Crippen molar-refractivity contribution in [1.82, 2.24) is 15.0 Å². The number of fused-ring (bicyclic) bond motifs is 1. The van der Waals surface area contributed by atoms with E-state index in [1.54, 1.807) is 23.5 Å². The summed E-state index contributed by atoms with van der Waals surface area (Å²) in [5, 5.41) is 3.25. The lowest BCUT2D eigenvalue weighted by atomic mass is 10.2. The Kier molecular flexibility index (Phi) is 6.02. The number of hydrogen-bond acceptors (Lipinski definition) is 6. The molecule has 0 atom stereocenters. The van der Waals surface area contributed by atoms with Crippen molar-refractivity contribution in [3.63, 3.8) is 0 Å². The minimum Gasteiger partial charge on any atom is -0.325 e. The van der Waals surface area contributed by atoms with E-state index in [0.717, 1.165) is 26.4 Å². The van der Waals surface area contributed by atoms with Gasteiger partial charge in [-0.05, 0) is 48.9 Å². The van der Waals surface area contributed by atoms with E-state index in [1.165, 1.54) is 0 Å². The Balaban J connectivity index is 1.40. The average molecular weight is 477 g/mol. The number of aryl methyl sites for hydroxylation is 1. The first-order valence-corrected chi connectivity index (χ1v) is 11.1. The number of nitrogens with one attached hydrogen (secondary N) is 2. The maximum atomic E-state index is 12.8. The summed E-state index contributed by atoms with van der Waals surface area (Å²) in [5.41, 5.74) is 1.28. The number of nitrogens with zero attached hydrogens (tertiary/aromatic N) is 2. The second kappa shape index (κ2) is 8.75. The third-order valence-corrected chi connectivity index (χ3v) is 6.25. The van der Waals surface area contributed by atoms with Crippen LogP contribution in [0.15, 0.2) is 58.5 Å². The summed E-state index contributed by atoms with van der Waals surface area (Å²) in [4.78, 5) is 33.7. The molecule has 32 heavy (non-hydrogen) atoms. The number of carbonyl (C=O) groups is 1. The first-order chi connectivity index (χ1) is 15.2. The molecule has 0 unspecified atom stereocenters. The Labute approximate surface area is 187 Å². The highest BCUT2D eigenvalue weighted by Gasteiger charge is 2.33. The number of benzene rings is 2. The van der Waals surface area contributed by atoms with Crippen LogP contribution in [0.25, 0.3) is 20.8 Å². The van der Waals surface area contributed by atoms with Crippen LogP contribution < -0.4 is 10.9 Å². The number of amides is 1. The lowest BCUT2D eigenvalue weighted by molar-refractivity contribution is -0.141. The predicted octanol–water partition coefficient (Wildman–Crippen LogP) is 5.10. The number of aromatic amines is 1. The summed E-state index contributed by atoms with van der Waals surface area (Å²) in [5.74, 6) is -0.665. The SMILES string of the molecule is Cc1ccc2nc(-c3ccc(NC(=O)CSc4nc(C(F)(F)F)cc(=O)[nH]4)cc3)sc2c1. The predicted molar refractivity (Wildman–Crippen MR) is 119 cm³/mol. The van der Waals surface area contributed by atoms with Crippen LogP contribution in [-0.2, 0) is 11.0 Å². The number of anilines is 1. The van der Waals surface area contributed by atoms with Gasteiger partial charge in [0, 0.05) is 17.3 Å². The highest BCUT2D eigenvalue weighted by Crippen LogP contribution is 2.31. The van der Waals surface area contributed by atoms with Crippen molar-refractivity contribution >= 4 is 44.9 Å². The average Bonchev–Trinajstić information content (AvgIpc) is 3.15. The number of halogens is 3. The molecule has 4 aromatic rings. The molecule has 0 radical (unpaired) electrons. The third-order valence-electron chi connectivity index (χ3n) is 4.31. The number of hydrogen-bond donors (Lipinski definition) is 2. The van der Waals surface area contributed by atoms with Crippen molar-refractivity contribution in [1.29, 1.82) is 0 Å². The molecule has 11 heteroatoms. The molecule has 0 saturated carbocycles. The van der Waals surface area contributed by atoms with Crippen LogP contribution in [0.3, 0.4) is 0 Å². The number of carbonyl (C=O) groups excluding carboxylic acids is 1. The number of aromatic nitrogens is 3. The van der Waals surface area contributed by atoms with Gasteiger partial charge >= 0.3 is 6.18 Å². The number of thioether (sulfide) groups is 1. The molecule has 2 aromatic carbocycles. The van der Waals surface area contributed by atoms with E-state index in [9.17, 15) is 22.8 Å². The van der Waals surface area contributed by atoms with Gasteiger partial charge in [-0.25, -0.2) is 9.97 Å². The summed E-state index contributed by atoms with van der Waals surface area (Å²) >= 11 is 2.28. The molecule has 2 aromatic heterocycles. The Hall–Kier alpha value is -3.18. The van der Waals surface area contributed by atoms with Gasteiger partial charge in [-0.1, -0.05) is 17.8 Å². The zero-order valence-corrected chi connectivity index (χ0v) is 18.1. The molecule has 2 heterocycles. The highest BCUT2D eigenvalue weighted by molar-refractivity contribution is 7.99. The second-order valence-electron chi connectivity index (χ2n) is 6.84. The van der Waals surface area contributed by atoms with Crippen molar-refractivity contribution in [2.75, 3.05) is 11.1 Å². The Bertz CT molecular complexity index is 1350. The molecular weight excluding hydrogens is 461 g/mol. The van der Waals surface area contributed by atoms with Gasteiger partial charge in [-0.3, -0.25) is 9.59 Å². The Morgan fingerprint density at radius 2 is 1.88 bits per heavy atom. The molecule has 0 aliphatic heterocycles. The molecular formula is C21H15F3N4O2S2. The minimum atomic E-state index is -4.74. The van der Waals surface area contributed by atoms with Crippen molar-refractivity contribution in [3.8, 4) is 10.6 Å². The Morgan fingerprint density at radius 3 is 2.59 bits per heavy atom. The van der Waals surface area contributed by atoms with Gasteiger partial charge in [-0.2, -0.15) is 13.2 Å². The van der Waals surface area contributed by atoms with E-state index in [1.807, 2.05) is 31.2 Å². The first kappa shape index (κ1) is 22.0. The fourth-order valence-electron chi connectivity index (χ4n) is 2.83. The number of thiazole rings is 1. The molecule has 0 bridgehead atoms. The normalized spacial score (nSPS) is 11.6. The quantitative estimate of drug-likeness (QED) is 0.309. The maximum Gasteiger partial charge on any atom is 0.433 e. The molecule has 0 aliphatic rings. The largest absolute Gasteiger partial charge is 0.433 e. The van der Waals surface area contributed by atoms with Crippen molar-refractivity contribution in [3.05, 3.63) is 70.1 Å². The summed E-state index contributed by atoms with van der Waals surface area (Å²) in [7, 11) is 0. The van der Waals surface area contributed by atoms with Crippen LogP contribution >= 0.6 is 23.1 Å². The molecule has 164 valence electrons. The van der Waals surface area contributed by atoms with Crippen LogP contribution in [0.5, 0.6) is 0 Å². The smallest absolute Gasteiger partial charge is 0.325 e. The van der Waals surface area contributed by atoms with Gasteiger partial charge in [0.15, 0.2) is 10.9 Å². The summed E-state index contributed by atoms with van der Waals surface area (Å²) in [6, 6.07) is 13.5. The van der Waals surface area contributed by atoms with Gasteiger partial charge in [0.1, 0.15) is 5.01 Å². The topological polar surface area (TPSA) is 87.7 Å². The minimum absolute atomic E-state index is 0.219. The van der Waals surface area contributed by atoms with Crippen LogP contribution in [0.1, 0.15) is 11.3 Å². The summed E-state index contributed by atoms with van der Waals surface area (Å²) < 4.78 is 39.4. The van der Waals surface area contributed by atoms with E-state index >= 15 is 0 Å². The zero-order chi connectivity index (χ0) is 22.9. The zero-order valence-electron chi connectivity index (χ0n) is 16.5. The number of rotatable bonds is 5. The lowest BCUT2D eigenvalue weighted by Gasteiger charge is -2.08. The van der Waals surface area contributed by atoms with Gasteiger partial charge in [0.2, 0.25) is 5.91 Å². The molecule has 1 amide bonds. The molecule has 6 nitrogen and oxygen atoms in total. The van der Waals surface area contributed by atoms with Gasteiger partial charge in [0.05, 0.1) is 16.0 Å². The van der Waals surface area contributed by atoms with Crippen LogP contribution in [-0.4, -0.2) is 26.6 Å².